The van der Waals surface area contributed by atoms with Crippen LogP contribution in [0.3, 0.4) is 0 Å². The normalized spacial score (nSPS) is 13.3. The van der Waals surface area contributed by atoms with Crippen molar-refractivity contribution in [3.63, 3.8) is 0 Å². The van der Waals surface area contributed by atoms with E-state index in [1.54, 1.807) is 0 Å². The smallest absolute Gasteiger partial charge is 0.135 e. The summed E-state index contributed by atoms with van der Waals surface area (Å²) in [4.78, 5) is 2.38. The molecular weight excluding hydrogens is 619 g/mol. The predicted octanol–water partition coefficient (Wildman–Crippen LogP) is 13.6. The van der Waals surface area contributed by atoms with Crippen LogP contribution in [0.4, 0.5) is 17.1 Å². The third-order valence-electron chi connectivity index (χ3n) is 10.4. The van der Waals surface area contributed by atoms with E-state index in [-0.39, 0.29) is 5.92 Å². The Morgan fingerprint density at radius 3 is 1.65 bits per heavy atom. The minimum atomic E-state index is 0.133. The van der Waals surface area contributed by atoms with Crippen LogP contribution < -0.4 is 4.90 Å². The van der Waals surface area contributed by atoms with Crippen LogP contribution in [0.25, 0.3) is 55.3 Å². The number of hydrogen-bond acceptors (Lipinski definition) is 2. The molecule has 240 valence electrons. The summed E-state index contributed by atoms with van der Waals surface area (Å²) in [7, 11) is 0. The van der Waals surface area contributed by atoms with Gasteiger partial charge < -0.3 is 9.32 Å². The average molecular weight is 652 g/mol. The zero-order valence-electron chi connectivity index (χ0n) is 27.9. The molecule has 0 fully saturated rings. The van der Waals surface area contributed by atoms with Crippen molar-refractivity contribution < 1.29 is 4.42 Å². The maximum absolute atomic E-state index is 6.24. The molecule has 0 amide bonds. The van der Waals surface area contributed by atoms with Gasteiger partial charge in [0.25, 0.3) is 0 Å². The summed E-state index contributed by atoms with van der Waals surface area (Å²) in [6, 6.07) is 70.0. The lowest BCUT2D eigenvalue weighted by Crippen LogP contribution is -2.10. The molecule has 1 heterocycles. The van der Waals surface area contributed by atoms with Gasteiger partial charge in [0, 0.05) is 33.8 Å². The fourth-order valence-corrected chi connectivity index (χ4v) is 8.03. The van der Waals surface area contributed by atoms with Crippen LogP contribution in [0.15, 0.2) is 199 Å². The first-order chi connectivity index (χ1) is 25.3. The van der Waals surface area contributed by atoms with Gasteiger partial charge in [0.15, 0.2) is 0 Å². The Morgan fingerprint density at radius 1 is 0.333 bits per heavy atom. The van der Waals surface area contributed by atoms with Gasteiger partial charge in [0.2, 0.25) is 0 Å². The zero-order chi connectivity index (χ0) is 33.7. The summed E-state index contributed by atoms with van der Waals surface area (Å²) < 4.78 is 6.24. The van der Waals surface area contributed by atoms with Crippen molar-refractivity contribution in [2.45, 2.75) is 5.92 Å². The lowest BCUT2D eigenvalue weighted by Gasteiger charge is -2.27. The summed E-state index contributed by atoms with van der Waals surface area (Å²) >= 11 is 0. The topological polar surface area (TPSA) is 16.4 Å². The Kier molecular flexibility index (Phi) is 6.92. The van der Waals surface area contributed by atoms with Crippen molar-refractivity contribution >= 4 is 39.0 Å². The molecule has 1 aliphatic carbocycles. The van der Waals surface area contributed by atoms with Crippen LogP contribution in [-0.2, 0) is 0 Å². The van der Waals surface area contributed by atoms with E-state index in [9.17, 15) is 0 Å². The van der Waals surface area contributed by atoms with E-state index in [1.165, 1.54) is 50.1 Å². The third-order valence-corrected chi connectivity index (χ3v) is 10.4. The Morgan fingerprint density at radius 2 is 0.863 bits per heavy atom. The number of benzene rings is 8. The lowest BCUT2D eigenvalue weighted by atomic mass is 9.84. The quantitative estimate of drug-likeness (QED) is 0.178. The molecule has 0 bridgehead atoms. The first-order valence-corrected chi connectivity index (χ1v) is 17.5. The largest absolute Gasteiger partial charge is 0.456 e. The molecule has 51 heavy (non-hydrogen) atoms. The molecule has 8 aromatic carbocycles. The number of fused-ring (bicyclic) bond motifs is 6. The van der Waals surface area contributed by atoms with E-state index in [1.807, 2.05) is 12.1 Å². The molecule has 9 aromatic rings. The van der Waals surface area contributed by atoms with Gasteiger partial charge >= 0.3 is 0 Å². The predicted molar refractivity (Wildman–Crippen MR) is 212 cm³/mol. The van der Waals surface area contributed by atoms with Crippen molar-refractivity contribution in [3.05, 3.63) is 211 Å². The SMILES string of the molecule is c1ccc(-c2ccc(N(c3ccc4c(c3)-c3ccccc3C4c3ccccc3-c3ccccc3)c3ccc4oc5ccccc5c4c3)cc2)cc1. The highest BCUT2D eigenvalue weighted by Crippen LogP contribution is 2.52. The van der Waals surface area contributed by atoms with Crippen LogP contribution in [0.2, 0.25) is 0 Å². The summed E-state index contributed by atoms with van der Waals surface area (Å²) in [5.41, 5.74) is 16.6. The van der Waals surface area contributed by atoms with E-state index in [0.717, 1.165) is 39.0 Å². The van der Waals surface area contributed by atoms with Crippen molar-refractivity contribution in [3.8, 4) is 33.4 Å². The highest BCUT2D eigenvalue weighted by Gasteiger charge is 2.32. The number of rotatable bonds is 6. The fourth-order valence-electron chi connectivity index (χ4n) is 8.03. The van der Waals surface area contributed by atoms with Crippen molar-refractivity contribution in [2.24, 2.45) is 0 Å². The van der Waals surface area contributed by atoms with E-state index in [4.69, 9.17) is 4.42 Å². The summed E-state index contributed by atoms with van der Waals surface area (Å²) in [6.07, 6.45) is 0. The van der Waals surface area contributed by atoms with Gasteiger partial charge in [-0.2, -0.15) is 0 Å². The van der Waals surface area contributed by atoms with Crippen LogP contribution in [0, 0.1) is 0 Å². The number of anilines is 3. The third kappa shape index (κ3) is 4.95. The Labute approximate surface area is 297 Å². The molecule has 1 aromatic heterocycles. The average Bonchev–Trinajstić information content (AvgIpc) is 3.74. The number of para-hydroxylation sites is 1. The maximum Gasteiger partial charge on any atom is 0.135 e. The molecule has 0 saturated carbocycles. The van der Waals surface area contributed by atoms with Crippen LogP contribution in [0.5, 0.6) is 0 Å². The van der Waals surface area contributed by atoms with Gasteiger partial charge in [0.1, 0.15) is 11.2 Å². The van der Waals surface area contributed by atoms with Gasteiger partial charge in [0.05, 0.1) is 0 Å². The van der Waals surface area contributed by atoms with E-state index in [0.29, 0.717) is 0 Å². The van der Waals surface area contributed by atoms with Crippen molar-refractivity contribution in [1.29, 1.82) is 0 Å². The Hall–Kier alpha value is -6.64. The second-order valence-electron chi connectivity index (χ2n) is 13.3. The van der Waals surface area contributed by atoms with Crippen molar-refractivity contribution in [2.75, 3.05) is 4.90 Å². The summed E-state index contributed by atoms with van der Waals surface area (Å²) in [6.45, 7) is 0. The second kappa shape index (κ2) is 12.0. The minimum absolute atomic E-state index is 0.133. The fraction of sp³-hybridized carbons (Fsp3) is 0.0204. The van der Waals surface area contributed by atoms with E-state index in [2.05, 4.69) is 187 Å². The van der Waals surface area contributed by atoms with E-state index < -0.39 is 0 Å². The van der Waals surface area contributed by atoms with Gasteiger partial charge in [-0.15, -0.1) is 0 Å². The van der Waals surface area contributed by atoms with Crippen LogP contribution >= 0.6 is 0 Å². The molecule has 2 nitrogen and oxygen atoms in total. The van der Waals surface area contributed by atoms with Gasteiger partial charge in [-0.3, -0.25) is 0 Å². The first kappa shape index (κ1) is 29.3. The monoisotopic (exact) mass is 651 g/mol. The molecule has 1 atom stereocenters. The Balaban J connectivity index is 1.15. The van der Waals surface area contributed by atoms with Gasteiger partial charge in [-0.1, -0.05) is 146 Å². The maximum atomic E-state index is 6.24. The molecule has 0 spiro atoms. The van der Waals surface area contributed by atoms with Crippen molar-refractivity contribution in [1.82, 2.24) is 0 Å². The molecule has 1 unspecified atom stereocenters. The van der Waals surface area contributed by atoms with E-state index >= 15 is 0 Å². The lowest BCUT2D eigenvalue weighted by molar-refractivity contribution is 0.669. The molecule has 1 aliphatic rings. The van der Waals surface area contributed by atoms with Gasteiger partial charge in [-0.25, -0.2) is 0 Å². The first-order valence-electron chi connectivity index (χ1n) is 17.5. The molecule has 2 heteroatoms. The molecule has 0 radical (unpaired) electrons. The molecule has 0 aliphatic heterocycles. The Bertz CT molecular complexity index is 2690. The number of hydrogen-bond donors (Lipinski definition) is 0. The molecule has 0 N–H and O–H groups in total. The zero-order valence-corrected chi connectivity index (χ0v) is 27.9. The summed E-state index contributed by atoms with van der Waals surface area (Å²) in [5.74, 6) is 0.133. The standard InChI is InChI=1S/C49H33NO/c1-3-13-33(14-4-1)34-23-25-36(26-24-34)50(38-28-30-48-46(32-38)41-19-11-12-22-47(41)51-48)37-27-29-44-45(31-37)40-18-8-10-21-43(40)49(44)42-20-9-7-17-39(42)35-15-5-2-6-16-35/h1-32,49H. The minimum Gasteiger partial charge on any atom is -0.456 e. The van der Waals surface area contributed by atoms with Crippen LogP contribution in [-0.4, -0.2) is 0 Å². The highest BCUT2D eigenvalue weighted by atomic mass is 16.3. The van der Waals surface area contributed by atoms with Crippen LogP contribution in [0.1, 0.15) is 22.6 Å². The van der Waals surface area contributed by atoms with Gasteiger partial charge in [-0.05, 0) is 98.6 Å². The molecular formula is C49H33NO. The second-order valence-corrected chi connectivity index (χ2v) is 13.3. The molecule has 10 rings (SSSR count). The number of furan rings is 1. The highest BCUT2D eigenvalue weighted by molar-refractivity contribution is 6.06. The molecule has 0 saturated heterocycles. The summed E-state index contributed by atoms with van der Waals surface area (Å²) in [5, 5.41) is 2.23. The number of nitrogens with zero attached hydrogens (tertiary/aromatic N) is 1.